The molecule has 0 amide bonds. The minimum atomic E-state index is 0.191. The van der Waals surface area contributed by atoms with Crippen LogP contribution in [-0.4, -0.2) is 28.5 Å². The lowest BCUT2D eigenvalue weighted by molar-refractivity contribution is 0.0359. The highest BCUT2D eigenvalue weighted by Gasteiger charge is 2.46. The van der Waals surface area contributed by atoms with Gasteiger partial charge in [0.1, 0.15) is 0 Å². The topological polar surface area (TPSA) is 54.2 Å². The molecule has 1 saturated heterocycles. The van der Waals surface area contributed by atoms with Crippen molar-refractivity contribution in [3.63, 3.8) is 0 Å². The maximum atomic E-state index is 5.97. The lowest BCUT2D eigenvalue weighted by atomic mass is 9.81. The molecule has 0 radical (unpaired) electrons. The molecule has 1 aromatic heterocycles. The minimum absolute atomic E-state index is 0.191. The zero-order chi connectivity index (χ0) is 13.8. The van der Waals surface area contributed by atoms with Crippen molar-refractivity contribution < 1.29 is 0 Å². The van der Waals surface area contributed by atoms with Crippen LogP contribution >= 0.6 is 0 Å². The maximum absolute atomic E-state index is 5.97. The molecular formula is C16H26N4. The van der Waals surface area contributed by atoms with Crippen LogP contribution < -0.4 is 11.3 Å². The molecule has 1 aliphatic carbocycles. The highest BCUT2D eigenvalue weighted by molar-refractivity contribution is 5.21. The fourth-order valence-electron chi connectivity index (χ4n) is 4.22. The molecule has 4 nitrogen and oxygen atoms in total. The molecule has 4 heteroatoms. The van der Waals surface area contributed by atoms with Crippen LogP contribution in [0.25, 0.3) is 0 Å². The van der Waals surface area contributed by atoms with Crippen molar-refractivity contribution in [2.75, 3.05) is 13.1 Å². The second kappa shape index (κ2) is 6.20. The Morgan fingerprint density at radius 3 is 2.50 bits per heavy atom. The van der Waals surface area contributed by atoms with Crippen molar-refractivity contribution in [1.29, 1.82) is 0 Å². The average Bonchev–Trinajstić information content (AvgIpc) is 3.01. The number of hydrogen-bond donors (Lipinski definition) is 2. The van der Waals surface area contributed by atoms with Gasteiger partial charge in [-0.3, -0.25) is 21.2 Å². The van der Waals surface area contributed by atoms with Crippen LogP contribution in [0.2, 0.25) is 0 Å². The van der Waals surface area contributed by atoms with E-state index in [1.165, 1.54) is 63.6 Å². The second-order valence-corrected chi connectivity index (χ2v) is 6.24. The smallest absolute Gasteiger partial charge is 0.0658 e. The first-order valence-electron chi connectivity index (χ1n) is 7.98. The molecule has 0 spiro atoms. The van der Waals surface area contributed by atoms with E-state index in [1.807, 2.05) is 18.5 Å². The Bertz CT molecular complexity index is 408. The Kier molecular flexibility index (Phi) is 4.34. The van der Waals surface area contributed by atoms with Gasteiger partial charge in [0.05, 0.1) is 6.04 Å². The summed E-state index contributed by atoms with van der Waals surface area (Å²) in [6.07, 6.45) is 12.9. The molecule has 20 heavy (non-hydrogen) atoms. The number of hydrazine groups is 1. The highest BCUT2D eigenvalue weighted by atomic mass is 15.3. The van der Waals surface area contributed by atoms with E-state index < -0.39 is 0 Å². The normalized spacial score (nSPS) is 24.6. The predicted octanol–water partition coefficient (Wildman–Crippen LogP) is 2.38. The van der Waals surface area contributed by atoms with Crippen molar-refractivity contribution in [3.05, 3.63) is 30.1 Å². The average molecular weight is 274 g/mol. The Balaban J connectivity index is 1.91. The largest absolute Gasteiger partial charge is 0.296 e. The van der Waals surface area contributed by atoms with E-state index >= 15 is 0 Å². The molecule has 2 aliphatic rings. The number of aromatic nitrogens is 1. The van der Waals surface area contributed by atoms with E-state index in [0.29, 0.717) is 0 Å². The van der Waals surface area contributed by atoms with Crippen LogP contribution in [0.3, 0.4) is 0 Å². The summed E-state index contributed by atoms with van der Waals surface area (Å²) >= 11 is 0. The number of pyridine rings is 1. The molecular weight excluding hydrogens is 248 g/mol. The van der Waals surface area contributed by atoms with Gasteiger partial charge in [0.15, 0.2) is 0 Å². The van der Waals surface area contributed by atoms with Crippen molar-refractivity contribution in [2.24, 2.45) is 5.84 Å². The predicted molar refractivity (Wildman–Crippen MR) is 80.9 cm³/mol. The Morgan fingerprint density at radius 2 is 1.90 bits per heavy atom. The van der Waals surface area contributed by atoms with E-state index in [-0.39, 0.29) is 11.6 Å². The number of piperidine rings is 1. The van der Waals surface area contributed by atoms with Crippen LogP contribution in [0.5, 0.6) is 0 Å². The van der Waals surface area contributed by atoms with E-state index in [0.717, 1.165) is 0 Å². The number of nitrogens with one attached hydrogen (secondary N) is 1. The summed E-state index contributed by atoms with van der Waals surface area (Å²) in [4.78, 5) is 7.00. The molecule has 1 aliphatic heterocycles. The molecule has 1 atom stereocenters. The fraction of sp³-hybridized carbons (Fsp3) is 0.688. The number of rotatable bonds is 4. The molecule has 3 rings (SSSR count). The first-order valence-corrected chi connectivity index (χ1v) is 7.98. The molecule has 0 aromatic carbocycles. The van der Waals surface area contributed by atoms with Crippen LogP contribution in [0.1, 0.15) is 56.6 Å². The van der Waals surface area contributed by atoms with Gasteiger partial charge in [-0.1, -0.05) is 25.3 Å². The monoisotopic (exact) mass is 274 g/mol. The van der Waals surface area contributed by atoms with Crippen molar-refractivity contribution in [2.45, 2.75) is 56.5 Å². The van der Waals surface area contributed by atoms with Gasteiger partial charge in [-0.05, 0) is 50.4 Å². The Morgan fingerprint density at radius 1 is 1.15 bits per heavy atom. The molecule has 110 valence electrons. The van der Waals surface area contributed by atoms with Gasteiger partial charge < -0.3 is 0 Å². The van der Waals surface area contributed by atoms with Gasteiger partial charge in [0.25, 0.3) is 0 Å². The molecule has 1 saturated carbocycles. The van der Waals surface area contributed by atoms with Gasteiger partial charge in [0.2, 0.25) is 0 Å². The van der Waals surface area contributed by atoms with Gasteiger partial charge in [-0.25, -0.2) is 0 Å². The van der Waals surface area contributed by atoms with Gasteiger partial charge >= 0.3 is 0 Å². The zero-order valence-electron chi connectivity index (χ0n) is 12.2. The summed E-state index contributed by atoms with van der Waals surface area (Å²) in [7, 11) is 0. The number of hydrogen-bond acceptors (Lipinski definition) is 4. The zero-order valence-corrected chi connectivity index (χ0v) is 12.2. The van der Waals surface area contributed by atoms with Crippen LogP contribution in [0.4, 0.5) is 0 Å². The third kappa shape index (κ3) is 2.48. The van der Waals surface area contributed by atoms with Gasteiger partial charge in [-0.15, -0.1) is 0 Å². The minimum Gasteiger partial charge on any atom is -0.296 e. The third-order valence-electron chi connectivity index (χ3n) is 5.18. The lowest BCUT2D eigenvalue weighted by Gasteiger charge is -2.48. The van der Waals surface area contributed by atoms with E-state index in [4.69, 9.17) is 5.84 Å². The summed E-state index contributed by atoms with van der Waals surface area (Å²) in [6, 6.07) is 4.36. The van der Waals surface area contributed by atoms with Crippen molar-refractivity contribution >= 4 is 0 Å². The summed E-state index contributed by atoms with van der Waals surface area (Å²) in [5.41, 5.74) is 4.53. The quantitative estimate of drug-likeness (QED) is 0.654. The molecule has 1 unspecified atom stereocenters. The lowest BCUT2D eigenvalue weighted by Crippen LogP contribution is -2.57. The molecule has 2 heterocycles. The number of nitrogens with two attached hydrogens (primary N) is 1. The second-order valence-electron chi connectivity index (χ2n) is 6.24. The van der Waals surface area contributed by atoms with E-state index in [1.54, 1.807) is 0 Å². The highest BCUT2D eigenvalue weighted by Crippen LogP contribution is 2.45. The first-order chi connectivity index (χ1) is 9.87. The summed E-state index contributed by atoms with van der Waals surface area (Å²) in [6.45, 7) is 2.44. The first kappa shape index (κ1) is 14.0. The summed E-state index contributed by atoms with van der Waals surface area (Å²) in [5, 5.41) is 0. The van der Waals surface area contributed by atoms with Crippen LogP contribution in [0.15, 0.2) is 24.5 Å². The Labute approximate surface area is 121 Å². The summed E-state index contributed by atoms with van der Waals surface area (Å²) in [5.74, 6) is 5.97. The maximum Gasteiger partial charge on any atom is 0.0658 e. The van der Waals surface area contributed by atoms with Gasteiger partial charge in [0, 0.05) is 17.9 Å². The standard InChI is InChI=1S/C16H26N4/c17-19-15(14-7-6-10-18-13-14)16(8-2-3-9-16)20-11-4-1-5-12-20/h6-7,10,13,15,19H,1-5,8-9,11-12,17H2. The Hall–Kier alpha value is -0.970. The molecule has 3 N–H and O–H groups in total. The van der Waals surface area contributed by atoms with Crippen molar-refractivity contribution in [1.82, 2.24) is 15.3 Å². The van der Waals surface area contributed by atoms with E-state index in [2.05, 4.69) is 21.4 Å². The molecule has 1 aromatic rings. The number of nitrogens with zero attached hydrogens (tertiary/aromatic N) is 2. The number of likely N-dealkylation sites (tertiary alicyclic amines) is 1. The van der Waals surface area contributed by atoms with Crippen LogP contribution in [-0.2, 0) is 0 Å². The summed E-state index contributed by atoms with van der Waals surface area (Å²) < 4.78 is 0. The molecule has 0 bridgehead atoms. The third-order valence-corrected chi connectivity index (χ3v) is 5.18. The SMILES string of the molecule is NNC(c1cccnc1)C1(N2CCCCC2)CCCC1. The van der Waals surface area contributed by atoms with Gasteiger partial charge in [-0.2, -0.15) is 0 Å². The molecule has 2 fully saturated rings. The van der Waals surface area contributed by atoms with Crippen molar-refractivity contribution in [3.8, 4) is 0 Å². The fourth-order valence-corrected chi connectivity index (χ4v) is 4.22. The van der Waals surface area contributed by atoms with E-state index in [9.17, 15) is 0 Å². The van der Waals surface area contributed by atoms with Crippen LogP contribution in [0, 0.1) is 0 Å².